The van der Waals surface area contributed by atoms with Crippen molar-refractivity contribution in [3.05, 3.63) is 11.6 Å². The highest BCUT2D eigenvalue weighted by Gasteiger charge is 2.27. The Morgan fingerprint density at radius 3 is 3.00 bits per heavy atom. The molecule has 1 heterocycles. The van der Waals surface area contributed by atoms with Gasteiger partial charge < -0.3 is 5.73 Å². The van der Waals surface area contributed by atoms with Gasteiger partial charge in [0.1, 0.15) is 5.82 Å². The van der Waals surface area contributed by atoms with E-state index in [0.717, 1.165) is 24.5 Å². The number of unbranched alkanes of at least 4 members (excludes halogenated alkanes) is 1. The lowest BCUT2D eigenvalue weighted by Crippen LogP contribution is -2.11. The van der Waals surface area contributed by atoms with Gasteiger partial charge >= 0.3 is 0 Å². The summed E-state index contributed by atoms with van der Waals surface area (Å²) in [5.41, 5.74) is 5.97. The number of H-pyrrole nitrogens is 1. The quantitative estimate of drug-likeness (QED) is 0.752. The van der Waals surface area contributed by atoms with Crippen molar-refractivity contribution in [2.45, 2.75) is 51.0 Å². The molecule has 1 saturated carbocycles. The highest BCUT2D eigenvalue weighted by molar-refractivity contribution is 5.06. The molecule has 0 radical (unpaired) electrons. The lowest BCUT2D eigenvalue weighted by Gasteiger charge is -2.04. The zero-order valence-corrected chi connectivity index (χ0v) is 8.66. The van der Waals surface area contributed by atoms with Crippen molar-refractivity contribution in [2.75, 3.05) is 0 Å². The molecule has 0 saturated heterocycles. The molecular weight excluding hydrogens is 176 g/mol. The second kappa shape index (κ2) is 4.09. The van der Waals surface area contributed by atoms with Crippen molar-refractivity contribution in [1.29, 1.82) is 0 Å². The number of hydrogen-bond donors (Lipinski definition) is 2. The van der Waals surface area contributed by atoms with E-state index in [9.17, 15) is 0 Å². The number of nitrogens with zero attached hydrogens (tertiary/aromatic N) is 2. The molecule has 78 valence electrons. The van der Waals surface area contributed by atoms with E-state index < -0.39 is 0 Å². The minimum atomic E-state index is 0.0127. The molecule has 1 atom stereocenters. The van der Waals surface area contributed by atoms with Crippen molar-refractivity contribution in [3.63, 3.8) is 0 Å². The fourth-order valence-corrected chi connectivity index (χ4v) is 1.55. The minimum absolute atomic E-state index is 0.0127. The SMILES string of the molecule is CCCCC(N)c1n[nH]c(C2CC2)n1. The van der Waals surface area contributed by atoms with E-state index in [1.54, 1.807) is 0 Å². The van der Waals surface area contributed by atoms with Gasteiger partial charge in [-0.05, 0) is 19.3 Å². The number of nitrogens with one attached hydrogen (secondary N) is 1. The molecule has 0 aromatic carbocycles. The lowest BCUT2D eigenvalue weighted by molar-refractivity contribution is 0.576. The Kier molecular flexibility index (Phi) is 2.82. The molecule has 4 nitrogen and oxygen atoms in total. The third kappa shape index (κ3) is 2.12. The van der Waals surface area contributed by atoms with E-state index in [2.05, 4.69) is 22.1 Å². The van der Waals surface area contributed by atoms with Crippen LogP contribution in [0, 0.1) is 0 Å². The predicted octanol–water partition coefficient (Wildman–Crippen LogP) is 1.87. The number of hydrogen-bond acceptors (Lipinski definition) is 3. The predicted molar refractivity (Wildman–Crippen MR) is 54.8 cm³/mol. The first-order valence-corrected chi connectivity index (χ1v) is 5.49. The summed E-state index contributed by atoms with van der Waals surface area (Å²) in [6.07, 6.45) is 5.80. The van der Waals surface area contributed by atoms with Gasteiger partial charge in [-0.1, -0.05) is 19.8 Å². The van der Waals surface area contributed by atoms with Crippen molar-refractivity contribution in [2.24, 2.45) is 5.73 Å². The molecule has 1 fully saturated rings. The standard InChI is InChI=1S/C10H18N4/c1-2-3-4-8(11)10-12-9(13-14-10)7-5-6-7/h7-8H,2-6,11H2,1H3,(H,12,13,14). The van der Waals surface area contributed by atoms with Crippen LogP contribution in [0.3, 0.4) is 0 Å². The van der Waals surface area contributed by atoms with Gasteiger partial charge in [0.15, 0.2) is 5.82 Å². The first kappa shape index (κ1) is 9.65. The van der Waals surface area contributed by atoms with E-state index in [4.69, 9.17) is 5.73 Å². The third-order valence-electron chi connectivity index (χ3n) is 2.68. The van der Waals surface area contributed by atoms with E-state index in [-0.39, 0.29) is 6.04 Å². The van der Waals surface area contributed by atoms with Gasteiger partial charge in [0.2, 0.25) is 0 Å². The minimum Gasteiger partial charge on any atom is -0.321 e. The maximum Gasteiger partial charge on any atom is 0.167 e. The van der Waals surface area contributed by atoms with Gasteiger partial charge in [-0.15, -0.1) is 0 Å². The summed E-state index contributed by atoms with van der Waals surface area (Å²) in [4.78, 5) is 4.43. The molecule has 0 amide bonds. The van der Waals surface area contributed by atoms with Crippen LogP contribution in [0.15, 0.2) is 0 Å². The molecular formula is C10H18N4. The van der Waals surface area contributed by atoms with Gasteiger partial charge in [-0.3, -0.25) is 5.10 Å². The van der Waals surface area contributed by atoms with Crippen molar-refractivity contribution < 1.29 is 0 Å². The summed E-state index contributed by atoms with van der Waals surface area (Å²) in [6, 6.07) is 0.0127. The zero-order chi connectivity index (χ0) is 9.97. The maximum atomic E-state index is 5.97. The smallest absolute Gasteiger partial charge is 0.167 e. The summed E-state index contributed by atoms with van der Waals surface area (Å²) >= 11 is 0. The molecule has 1 aliphatic carbocycles. The van der Waals surface area contributed by atoms with Crippen LogP contribution in [0.1, 0.15) is 62.6 Å². The van der Waals surface area contributed by atoms with Crippen LogP contribution < -0.4 is 5.73 Å². The largest absolute Gasteiger partial charge is 0.321 e. The topological polar surface area (TPSA) is 67.6 Å². The Balaban J connectivity index is 1.93. The Labute approximate surface area is 84.3 Å². The molecule has 3 N–H and O–H groups in total. The van der Waals surface area contributed by atoms with E-state index >= 15 is 0 Å². The zero-order valence-electron chi connectivity index (χ0n) is 8.66. The van der Waals surface area contributed by atoms with E-state index in [0.29, 0.717) is 5.92 Å². The average molecular weight is 194 g/mol. The normalized spacial score (nSPS) is 18.4. The van der Waals surface area contributed by atoms with Gasteiger partial charge in [0.05, 0.1) is 6.04 Å². The van der Waals surface area contributed by atoms with Gasteiger partial charge in [0.25, 0.3) is 0 Å². The highest BCUT2D eigenvalue weighted by atomic mass is 15.2. The Hall–Kier alpha value is -0.900. The van der Waals surface area contributed by atoms with Crippen LogP contribution >= 0.6 is 0 Å². The van der Waals surface area contributed by atoms with Crippen LogP contribution in [0.2, 0.25) is 0 Å². The summed E-state index contributed by atoms with van der Waals surface area (Å²) in [6.45, 7) is 2.17. The second-order valence-electron chi connectivity index (χ2n) is 4.10. The summed E-state index contributed by atoms with van der Waals surface area (Å²) in [5.74, 6) is 2.46. The molecule has 0 spiro atoms. The van der Waals surface area contributed by atoms with Crippen molar-refractivity contribution in [1.82, 2.24) is 15.2 Å². The first-order chi connectivity index (χ1) is 6.81. The van der Waals surface area contributed by atoms with Gasteiger partial charge in [-0.25, -0.2) is 4.98 Å². The first-order valence-electron chi connectivity index (χ1n) is 5.49. The summed E-state index contributed by atoms with van der Waals surface area (Å²) < 4.78 is 0. The molecule has 0 aliphatic heterocycles. The molecule has 4 heteroatoms. The van der Waals surface area contributed by atoms with Gasteiger partial charge in [0, 0.05) is 5.92 Å². The number of nitrogens with two attached hydrogens (primary N) is 1. The average Bonchev–Trinajstić information content (AvgIpc) is 2.93. The Bertz CT molecular complexity index is 290. The maximum absolute atomic E-state index is 5.97. The molecule has 2 rings (SSSR count). The summed E-state index contributed by atoms with van der Waals surface area (Å²) in [5, 5.41) is 7.15. The summed E-state index contributed by atoms with van der Waals surface area (Å²) in [7, 11) is 0. The van der Waals surface area contributed by atoms with Crippen LogP contribution in [0.4, 0.5) is 0 Å². The molecule has 1 aromatic rings. The Morgan fingerprint density at radius 2 is 2.36 bits per heavy atom. The highest BCUT2D eigenvalue weighted by Crippen LogP contribution is 2.38. The molecule has 14 heavy (non-hydrogen) atoms. The fraction of sp³-hybridized carbons (Fsp3) is 0.800. The molecule has 0 bridgehead atoms. The van der Waals surface area contributed by atoms with Crippen LogP contribution in [0.5, 0.6) is 0 Å². The van der Waals surface area contributed by atoms with Crippen LogP contribution in [-0.2, 0) is 0 Å². The lowest BCUT2D eigenvalue weighted by atomic mass is 10.1. The number of aromatic nitrogens is 3. The van der Waals surface area contributed by atoms with E-state index in [1.165, 1.54) is 19.3 Å². The molecule has 1 aliphatic rings. The van der Waals surface area contributed by atoms with Crippen LogP contribution in [0.25, 0.3) is 0 Å². The molecule has 1 aromatic heterocycles. The third-order valence-corrected chi connectivity index (χ3v) is 2.68. The number of aromatic amines is 1. The van der Waals surface area contributed by atoms with Gasteiger partial charge in [-0.2, -0.15) is 5.10 Å². The Morgan fingerprint density at radius 1 is 1.57 bits per heavy atom. The molecule has 1 unspecified atom stereocenters. The van der Waals surface area contributed by atoms with Crippen LogP contribution in [-0.4, -0.2) is 15.2 Å². The number of rotatable bonds is 5. The van der Waals surface area contributed by atoms with Crippen molar-refractivity contribution in [3.8, 4) is 0 Å². The van der Waals surface area contributed by atoms with E-state index in [1.807, 2.05) is 0 Å². The fourth-order valence-electron chi connectivity index (χ4n) is 1.55. The second-order valence-corrected chi connectivity index (χ2v) is 4.10. The van der Waals surface area contributed by atoms with Crippen molar-refractivity contribution >= 4 is 0 Å². The monoisotopic (exact) mass is 194 g/mol.